The van der Waals surface area contributed by atoms with Crippen molar-refractivity contribution in [2.75, 3.05) is 10.5 Å². The van der Waals surface area contributed by atoms with Gasteiger partial charge in [-0.3, -0.25) is 4.72 Å². The molecule has 0 saturated heterocycles. The molecule has 0 aliphatic heterocycles. The molecule has 2 aromatic rings. The molecule has 4 nitrogen and oxygen atoms in total. The number of hydrogen-bond donors (Lipinski definition) is 2. The second-order valence-electron chi connectivity index (χ2n) is 3.80. The largest absolute Gasteiger partial charge is 0.398 e. The highest BCUT2D eigenvalue weighted by atomic mass is 79.9. The SMILES string of the molecule is Nc1cc(NS(=O)(=O)c2ccc(Cl)cc2)ccc1Br. The molecule has 7 heteroatoms. The van der Waals surface area contributed by atoms with E-state index in [4.69, 9.17) is 17.3 Å². The molecule has 0 spiro atoms. The number of rotatable bonds is 3. The molecule has 2 rings (SSSR count). The lowest BCUT2D eigenvalue weighted by atomic mass is 10.3. The fraction of sp³-hybridized carbons (Fsp3) is 0. The minimum absolute atomic E-state index is 0.137. The maximum Gasteiger partial charge on any atom is 0.261 e. The Hall–Kier alpha value is -1.24. The van der Waals surface area contributed by atoms with E-state index in [-0.39, 0.29) is 4.90 Å². The maximum absolute atomic E-state index is 12.1. The molecule has 0 saturated carbocycles. The first-order valence-corrected chi connectivity index (χ1v) is 7.87. The molecular weight excluding hydrogens is 352 g/mol. The second-order valence-corrected chi connectivity index (χ2v) is 6.77. The normalized spacial score (nSPS) is 11.3. The molecule has 0 heterocycles. The molecule has 2 aromatic carbocycles. The Kier molecular flexibility index (Phi) is 4.03. The van der Waals surface area contributed by atoms with E-state index in [1.54, 1.807) is 12.1 Å². The molecule has 3 N–H and O–H groups in total. The van der Waals surface area contributed by atoms with E-state index < -0.39 is 10.0 Å². The summed E-state index contributed by atoms with van der Waals surface area (Å²) in [5.41, 5.74) is 6.55. The third-order valence-electron chi connectivity index (χ3n) is 2.37. The fourth-order valence-corrected chi connectivity index (χ4v) is 2.86. The van der Waals surface area contributed by atoms with Crippen LogP contribution in [0.3, 0.4) is 0 Å². The van der Waals surface area contributed by atoms with Crippen molar-refractivity contribution in [3.05, 3.63) is 52.0 Å². The molecule has 0 aliphatic rings. The summed E-state index contributed by atoms with van der Waals surface area (Å²) in [7, 11) is -3.64. The van der Waals surface area contributed by atoms with Crippen LogP contribution in [0.2, 0.25) is 5.02 Å². The van der Waals surface area contributed by atoms with Gasteiger partial charge in [0.15, 0.2) is 0 Å². The zero-order valence-electron chi connectivity index (χ0n) is 9.60. The summed E-state index contributed by atoms with van der Waals surface area (Å²) in [5.74, 6) is 0. The van der Waals surface area contributed by atoms with Crippen molar-refractivity contribution >= 4 is 48.9 Å². The quantitative estimate of drug-likeness (QED) is 0.822. The van der Waals surface area contributed by atoms with Crippen molar-refractivity contribution in [2.45, 2.75) is 4.90 Å². The van der Waals surface area contributed by atoms with Crippen molar-refractivity contribution in [1.82, 2.24) is 0 Å². The fourth-order valence-electron chi connectivity index (χ4n) is 1.44. The Morgan fingerprint density at radius 2 is 1.74 bits per heavy atom. The minimum atomic E-state index is -3.64. The average molecular weight is 362 g/mol. The highest BCUT2D eigenvalue weighted by Crippen LogP contribution is 2.25. The standard InChI is InChI=1S/C12H10BrClN2O2S/c13-11-6-3-9(7-12(11)15)16-19(17,18)10-4-1-8(14)2-5-10/h1-7,16H,15H2. The van der Waals surface area contributed by atoms with Crippen LogP contribution in [-0.4, -0.2) is 8.42 Å². The van der Waals surface area contributed by atoms with E-state index in [1.807, 2.05) is 0 Å². The molecule has 100 valence electrons. The third-order valence-corrected chi connectivity index (χ3v) is 4.74. The van der Waals surface area contributed by atoms with Gasteiger partial charge in [-0.2, -0.15) is 0 Å². The predicted molar refractivity (Wildman–Crippen MR) is 80.8 cm³/mol. The van der Waals surface area contributed by atoms with Crippen LogP contribution in [0, 0.1) is 0 Å². The second kappa shape index (κ2) is 5.40. The molecule has 0 aromatic heterocycles. The number of nitrogens with two attached hydrogens (primary N) is 1. The Labute approximate surface area is 124 Å². The van der Waals surface area contributed by atoms with Crippen molar-refractivity contribution in [3.63, 3.8) is 0 Å². The van der Waals surface area contributed by atoms with Crippen LogP contribution in [0.4, 0.5) is 11.4 Å². The van der Waals surface area contributed by atoms with Crippen LogP contribution < -0.4 is 10.5 Å². The van der Waals surface area contributed by atoms with Crippen molar-refractivity contribution in [1.29, 1.82) is 0 Å². The van der Waals surface area contributed by atoms with E-state index in [0.29, 0.717) is 20.9 Å². The van der Waals surface area contributed by atoms with Gasteiger partial charge in [0.25, 0.3) is 10.0 Å². The lowest BCUT2D eigenvalue weighted by Crippen LogP contribution is -2.12. The van der Waals surface area contributed by atoms with Gasteiger partial charge in [-0.1, -0.05) is 11.6 Å². The monoisotopic (exact) mass is 360 g/mol. The summed E-state index contributed by atoms with van der Waals surface area (Å²) in [4.78, 5) is 0.137. The summed E-state index contributed by atoms with van der Waals surface area (Å²) in [6.07, 6.45) is 0. The molecule has 0 bridgehead atoms. The van der Waals surface area contributed by atoms with Crippen LogP contribution in [0.25, 0.3) is 0 Å². The smallest absolute Gasteiger partial charge is 0.261 e. The van der Waals surface area contributed by atoms with Gasteiger partial charge in [-0.25, -0.2) is 8.42 Å². The number of nitrogens with one attached hydrogen (secondary N) is 1. The van der Waals surface area contributed by atoms with E-state index >= 15 is 0 Å². The van der Waals surface area contributed by atoms with Gasteiger partial charge >= 0.3 is 0 Å². The van der Waals surface area contributed by atoms with Crippen LogP contribution in [0.1, 0.15) is 0 Å². The summed E-state index contributed by atoms with van der Waals surface area (Å²) >= 11 is 8.97. The van der Waals surface area contributed by atoms with Crippen molar-refractivity contribution in [2.24, 2.45) is 0 Å². The number of hydrogen-bond acceptors (Lipinski definition) is 3. The third kappa shape index (κ3) is 3.40. The van der Waals surface area contributed by atoms with Gasteiger partial charge in [0.2, 0.25) is 0 Å². The van der Waals surface area contributed by atoms with E-state index in [1.165, 1.54) is 30.3 Å². The zero-order chi connectivity index (χ0) is 14.0. The summed E-state index contributed by atoms with van der Waals surface area (Å²) in [5, 5.41) is 0.479. The first kappa shape index (κ1) is 14.2. The van der Waals surface area contributed by atoms with Gasteiger partial charge in [0, 0.05) is 15.2 Å². The van der Waals surface area contributed by atoms with Crippen LogP contribution in [0.15, 0.2) is 51.8 Å². The van der Waals surface area contributed by atoms with E-state index in [0.717, 1.165) is 0 Å². The Balaban J connectivity index is 2.30. The number of sulfonamides is 1. The lowest BCUT2D eigenvalue weighted by molar-refractivity contribution is 0.601. The summed E-state index contributed by atoms with van der Waals surface area (Å²) < 4.78 is 27.4. The Bertz CT molecular complexity index is 702. The predicted octanol–water partition coefficient (Wildman–Crippen LogP) is 3.49. The maximum atomic E-state index is 12.1. The summed E-state index contributed by atoms with van der Waals surface area (Å²) in [6.45, 7) is 0. The molecule has 0 amide bonds. The van der Waals surface area contributed by atoms with Crippen LogP contribution in [-0.2, 0) is 10.0 Å². The van der Waals surface area contributed by atoms with Gasteiger partial charge < -0.3 is 5.73 Å². The van der Waals surface area contributed by atoms with Crippen molar-refractivity contribution in [3.8, 4) is 0 Å². The Morgan fingerprint density at radius 3 is 2.32 bits per heavy atom. The molecule has 0 radical (unpaired) electrons. The number of anilines is 2. The average Bonchev–Trinajstić information content (AvgIpc) is 2.34. The van der Waals surface area contributed by atoms with Gasteiger partial charge in [-0.05, 0) is 58.4 Å². The van der Waals surface area contributed by atoms with Crippen molar-refractivity contribution < 1.29 is 8.42 Å². The van der Waals surface area contributed by atoms with E-state index in [2.05, 4.69) is 20.7 Å². The zero-order valence-corrected chi connectivity index (χ0v) is 12.8. The van der Waals surface area contributed by atoms with Crippen LogP contribution in [0.5, 0.6) is 0 Å². The number of benzene rings is 2. The highest BCUT2D eigenvalue weighted by Gasteiger charge is 2.14. The van der Waals surface area contributed by atoms with Gasteiger partial charge in [-0.15, -0.1) is 0 Å². The van der Waals surface area contributed by atoms with Crippen LogP contribution >= 0.6 is 27.5 Å². The van der Waals surface area contributed by atoms with Gasteiger partial charge in [0.1, 0.15) is 0 Å². The first-order chi connectivity index (χ1) is 8.88. The molecule has 0 atom stereocenters. The lowest BCUT2D eigenvalue weighted by Gasteiger charge is -2.09. The number of nitrogen functional groups attached to an aromatic ring is 1. The van der Waals surface area contributed by atoms with E-state index in [9.17, 15) is 8.42 Å². The molecule has 19 heavy (non-hydrogen) atoms. The van der Waals surface area contributed by atoms with Gasteiger partial charge in [0.05, 0.1) is 10.6 Å². The highest BCUT2D eigenvalue weighted by molar-refractivity contribution is 9.10. The first-order valence-electron chi connectivity index (χ1n) is 5.22. The minimum Gasteiger partial charge on any atom is -0.398 e. The topological polar surface area (TPSA) is 72.2 Å². The Morgan fingerprint density at radius 1 is 1.11 bits per heavy atom. The molecule has 0 aliphatic carbocycles. The number of halogens is 2. The molecular formula is C12H10BrClN2O2S. The molecule has 0 fully saturated rings. The summed E-state index contributed by atoms with van der Waals surface area (Å²) in [6, 6.07) is 10.7. The molecule has 0 unspecified atom stereocenters.